The Bertz CT molecular complexity index is 321. The van der Waals surface area contributed by atoms with Crippen molar-refractivity contribution in [2.24, 2.45) is 11.8 Å². The van der Waals surface area contributed by atoms with Gasteiger partial charge in [0.15, 0.2) is 0 Å². The highest BCUT2D eigenvalue weighted by Gasteiger charge is 2.44. The molecule has 1 atom stereocenters. The summed E-state index contributed by atoms with van der Waals surface area (Å²) in [6.45, 7) is 6.83. The molecule has 1 saturated heterocycles. The minimum atomic E-state index is -0.696. The molecule has 1 N–H and O–H groups in total. The second-order valence-corrected chi connectivity index (χ2v) is 5.43. The molecule has 0 aromatic heterocycles. The Morgan fingerprint density at radius 3 is 2.69 bits per heavy atom. The number of carbonyl (C=O) groups excluding carboxylic acids is 2. The predicted octanol–water partition coefficient (Wildman–Crippen LogP) is 0.769. The molecule has 16 heavy (non-hydrogen) atoms. The van der Waals surface area contributed by atoms with E-state index < -0.39 is 5.54 Å². The molecule has 1 aliphatic heterocycles. The van der Waals surface area contributed by atoms with Gasteiger partial charge in [-0.15, -0.1) is 0 Å². The van der Waals surface area contributed by atoms with E-state index in [4.69, 9.17) is 0 Å². The third-order valence-corrected chi connectivity index (χ3v) is 3.84. The van der Waals surface area contributed by atoms with Crippen LogP contribution in [0.4, 0.5) is 0 Å². The monoisotopic (exact) mass is 224 g/mol. The summed E-state index contributed by atoms with van der Waals surface area (Å²) in [5, 5.41) is 2.81. The number of nitrogens with one attached hydrogen (secondary N) is 1. The number of nitrogens with zero attached hydrogens (tertiary/aromatic N) is 1. The molecule has 0 bridgehead atoms. The van der Waals surface area contributed by atoms with Crippen LogP contribution in [0.1, 0.15) is 33.6 Å². The molecule has 4 nitrogen and oxygen atoms in total. The van der Waals surface area contributed by atoms with E-state index >= 15 is 0 Å². The fourth-order valence-electron chi connectivity index (χ4n) is 2.33. The van der Waals surface area contributed by atoms with Gasteiger partial charge in [-0.1, -0.05) is 6.92 Å². The van der Waals surface area contributed by atoms with Crippen LogP contribution in [0, 0.1) is 11.8 Å². The summed E-state index contributed by atoms with van der Waals surface area (Å²) in [7, 11) is 0. The van der Waals surface area contributed by atoms with Crippen molar-refractivity contribution in [3.63, 3.8) is 0 Å². The minimum absolute atomic E-state index is 0.0462. The smallest absolute Gasteiger partial charge is 0.245 e. The fraction of sp³-hybridized carbons (Fsp3) is 0.833. The van der Waals surface area contributed by atoms with Gasteiger partial charge in [-0.25, -0.2) is 0 Å². The molecule has 90 valence electrons. The highest BCUT2D eigenvalue weighted by Crippen LogP contribution is 2.38. The standard InChI is InChI=1S/C12H20N2O2/c1-8(9-4-5-9)10(15)14-7-6-13-11(16)12(14,2)3/h8-9H,4-7H2,1-3H3,(H,13,16). The summed E-state index contributed by atoms with van der Waals surface area (Å²) in [5.74, 6) is 0.718. The highest BCUT2D eigenvalue weighted by atomic mass is 16.2. The topological polar surface area (TPSA) is 49.4 Å². The number of carbonyl (C=O) groups is 2. The van der Waals surface area contributed by atoms with Crippen LogP contribution in [0.5, 0.6) is 0 Å². The van der Waals surface area contributed by atoms with E-state index in [-0.39, 0.29) is 17.7 Å². The summed E-state index contributed by atoms with van der Waals surface area (Å²) >= 11 is 0. The lowest BCUT2D eigenvalue weighted by Gasteiger charge is -2.42. The van der Waals surface area contributed by atoms with Gasteiger partial charge in [0, 0.05) is 19.0 Å². The van der Waals surface area contributed by atoms with Gasteiger partial charge in [0.2, 0.25) is 11.8 Å². The van der Waals surface area contributed by atoms with E-state index in [1.54, 1.807) is 4.90 Å². The van der Waals surface area contributed by atoms with Crippen LogP contribution in [-0.2, 0) is 9.59 Å². The molecule has 4 heteroatoms. The third kappa shape index (κ3) is 1.81. The first-order valence-corrected chi connectivity index (χ1v) is 6.04. The first kappa shape index (κ1) is 11.4. The number of hydrogen-bond acceptors (Lipinski definition) is 2. The molecule has 2 amide bonds. The highest BCUT2D eigenvalue weighted by molar-refractivity contribution is 5.92. The zero-order valence-electron chi connectivity index (χ0n) is 10.2. The number of rotatable bonds is 2. The van der Waals surface area contributed by atoms with Crippen molar-refractivity contribution in [2.45, 2.75) is 39.2 Å². The van der Waals surface area contributed by atoms with Crippen LogP contribution >= 0.6 is 0 Å². The van der Waals surface area contributed by atoms with Crippen molar-refractivity contribution in [3.05, 3.63) is 0 Å². The first-order chi connectivity index (χ1) is 7.44. The molecule has 0 aromatic carbocycles. The van der Waals surface area contributed by atoms with E-state index in [2.05, 4.69) is 5.32 Å². The van der Waals surface area contributed by atoms with Gasteiger partial charge < -0.3 is 10.2 Å². The predicted molar refractivity (Wildman–Crippen MR) is 60.7 cm³/mol. The lowest BCUT2D eigenvalue weighted by molar-refractivity contribution is -0.152. The number of amides is 2. The van der Waals surface area contributed by atoms with Crippen molar-refractivity contribution in [2.75, 3.05) is 13.1 Å². The summed E-state index contributed by atoms with van der Waals surface area (Å²) in [6.07, 6.45) is 2.32. The zero-order valence-corrected chi connectivity index (χ0v) is 10.2. The molecule has 1 unspecified atom stereocenters. The van der Waals surface area contributed by atoms with Gasteiger partial charge in [-0.3, -0.25) is 9.59 Å². The quantitative estimate of drug-likeness (QED) is 0.753. The van der Waals surface area contributed by atoms with Crippen LogP contribution < -0.4 is 5.32 Å². The van der Waals surface area contributed by atoms with Gasteiger partial charge in [-0.05, 0) is 32.6 Å². The molecule has 0 spiro atoms. The SMILES string of the molecule is CC(C(=O)N1CCNC(=O)C1(C)C)C1CC1. The van der Waals surface area contributed by atoms with E-state index in [0.29, 0.717) is 19.0 Å². The Hall–Kier alpha value is -1.06. The van der Waals surface area contributed by atoms with Crippen LogP contribution in [0.2, 0.25) is 0 Å². The van der Waals surface area contributed by atoms with Crippen molar-refractivity contribution in [1.82, 2.24) is 10.2 Å². The first-order valence-electron chi connectivity index (χ1n) is 6.04. The normalized spacial score (nSPS) is 26.2. The average Bonchev–Trinajstić information content (AvgIpc) is 3.03. The molecule has 1 aliphatic carbocycles. The van der Waals surface area contributed by atoms with Crippen LogP contribution in [0.15, 0.2) is 0 Å². The average molecular weight is 224 g/mol. The number of hydrogen-bond donors (Lipinski definition) is 1. The van der Waals surface area contributed by atoms with Crippen LogP contribution in [-0.4, -0.2) is 35.3 Å². The molecule has 2 aliphatic rings. The van der Waals surface area contributed by atoms with Crippen molar-refractivity contribution >= 4 is 11.8 Å². The summed E-state index contributed by atoms with van der Waals surface area (Å²) in [5.41, 5.74) is -0.696. The van der Waals surface area contributed by atoms with E-state index in [9.17, 15) is 9.59 Å². The molecule has 0 radical (unpaired) electrons. The molecule has 2 rings (SSSR count). The lowest BCUT2D eigenvalue weighted by atomic mass is 9.95. The maximum Gasteiger partial charge on any atom is 0.245 e. The minimum Gasteiger partial charge on any atom is -0.352 e. The summed E-state index contributed by atoms with van der Waals surface area (Å²) in [4.78, 5) is 25.8. The summed E-state index contributed by atoms with van der Waals surface area (Å²) < 4.78 is 0. The zero-order chi connectivity index (χ0) is 11.9. The van der Waals surface area contributed by atoms with Gasteiger partial charge in [-0.2, -0.15) is 0 Å². The number of piperazine rings is 1. The largest absolute Gasteiger partial charge is 0.352 e. The Labute approximate surface area is 96.4 Å². The van der Waals surface area contributed by atoms with E-state index in [1.807, 2.05) is 20.8 Å². The van der Waals surface area contributed by atoms with E-state index in [0.717, 1.165) is 12.8 Å². The molecular formula is C12H20N2O2. The van der Waals surface area contributed by atoms with Crippen LogP contribution in [0.25, 0.3) is 0 Å². The van der Waals surface area contributed by atoms with Gasteiger partial charge in [0.05, 0.1) is 0 Å². The van der Waals surface area contributed by atoms with Crippen molar-refractivity contribution < 1.29 is 9.59 Å². The van der Waals surface area contributed by atoms with Gasteiger partial charge in [0.25, 0.3) is 0 Å². The third-order valence-electron chi connectivity index (χ3n) is 3.84. The van der Waals surface area contributed by atoms with Gasteiger partial charge >= 0.3 is 0 Å². The Morgan fingerprint density at radius 2 is 2.12 bits per heavy atom. The second kappa shape index (κ2) is 3.75. The van der Waals surface area contributed by atoms with Crippen molar-refractivity contribution in [3.8, 4) is 0 Å². The Morgan fingerprint density at radius 1 is 1.50 bits per heavy atom. The summed E-state index contributed by atoms with van der Waals surface area (Å²) in [6, 6.07) is 0. The van der Waals surface area contributed by atoms with Crippen molar-refractivity contribution in [1.29, 1.82) is 0 Å². The molecule has 2 fully saturated rings. The lowest BCUT2D eigenvalue weighted by Crippen LogP contribution is -2.64. The second-order valence-electron chi connectivity index (χ2n) is 5.43. The molecular weight excluding hydrogens is 204 g/mol. The molecule has 0 aromatic rings. The van der Waals surface area contributed by atoms with Gasteiger partial charge in [0.1, 0.15) is 5.54 Å². The van der Waals surface area contributed by atoms with Crippen LogP contribution in [0.3, 0.4) is 0 Å². The Balaban J connectivity index is 2.12. The maximum absolute atomic E-state index is 12.3. The maximum atomic E-state index is 12.3. The fourth-order valence-corrected chi connectivity index (χ4v) is 2.33. The van der Waals surface area contributed by atoms with E-state index in [1.165, 1.54) is 0 Å². The molecule has 1 heterocycles. The Kier molecular flexibility index (Phi) is 2.68. The molecule has 1 saturated carbocycles.